The minimum absolute atomic E-state index is 0.255. The third-order valence-electron chi connectivity index (χ3n) is 5.02. The first-order valence-electron chi connectivity index (χ1n) is 7.29. The molecule has 0 N–H and O–H groups in total. The van der Waals surface area contributed by atoms with Crippen LogP contribution in [0.5, 0.6) is 0 Å². The number of hydrogen-bond acceptors (Lipinski definition) is 2. The van der Waals surface area contributed by atoms with Gasteiger partial charge < -0.3 is 9.80 Å². The van der Waals surface area contributed by atoms with Crippen LogP contribution in [0.4, 0.5) is 0 Å². The topological polar surface area (TPSA) is 23.6 Å². The Labute approximate surface area is 104 Å². The molecule has 17 heavy (non-hydrogen) atoms. The van der Waals surface area contributed by atoms with Gasteiger partial charge in [-0.3, -0.25) is 4.79 Å². The Morgan fingerprint density at radius 2 is 1.88 bits per heavy atom. The molecule has 3 rings (SSSR count). The molecule has 3 heteroatoms. The van der Waals surface area contributed by atoms with E-state index in [0.717, 1.165) is 25.9 Å². The van der Waals surface area contributed by atoms with Crippen LogP contribution >= 0.6 is 0 Å². The summed E-state index contributed by atoms with van der Waals surface area (Å²) in [5.74, 6) is 0.877. The fraction of sp³-hybridized carbons (Fsp3) is 0.929. The molecule has 0 radical (unpaired) electrons. The third kappa shape index (κ3) is 1.99. The quantitative estimate of drug-likeness (QED) is 0.731. The van der Waals surface area contributed by atoms with Gasteiger partial charge in [0.2, 0.25) is 5.91 Å². The molecule has 3 fully saturated rings. The number of amides is 1. The maximum atomic E-state index is 12.3. The van der Waals surface area contributed by atoms with E-state index in [4.69, 9.17) is 0 Å². The number of hydrogen-bond donors (Lipinski definition) is 0. The molecule has 1 aliphatic carbocycles. The first-order valence-corrected chi connectivity index (χ1v) is 7.29. The summed E-state index contributed by atoms with van der Waals surface area (Å²) in [5, 5.41) is 0. The van der Waals surface area contributed by atoms with Crippen molar-refractivity contribution in [2.75, 3.05) is 26.2 Å². The van der Waals surface area contributed by atoms with Gasteiger partial charge in [-0.1, -0.05) is 6.92 Å². The second kappa shape index (κ2) is 4.27. The molecule has 0 atom stereocenters. The smallest absolute Gasteiger partial charge is 0.226 e. The van der Waals surface area contributed by atoms with Gasteiger partial charge in [-0.25, -0.2) is 0 Å². The Balaban J connectivity index is 1.70. The van der Waals surface area contributed by atoms with E-state index in [2.05, 4.69) is 16.7 Å². The Hall–Kier alpha value is -0.570. The first kappa shape index (κ1) is 11.5. The second-order valence-electron chi connectivity index (χ2n) is 6.03. The molecule has 0 aromatic heterocycles. The van der Waals surface area contributed by atoms with Crippen LogP contribution in [0.1, 0.15) is 45.4 Å². The van der Waals surface area contributed by atoms with E-state index < -0.39 is 0 Å². The average molecular weight is 236 g/mol. The van der Waals surface area contributed by atoms with Gasteiger partial charge in [-0.15, -0.1) is 0 Å². The van der Waals surface area contributed by atoms with Crippen LogP contribution < -0.4 is 0 Å². The highest BCUT2D eigenvalue weighted by atomic mass is 16.2. The van der Waals surface area contributed by atoms with E-state index in [0.29, 0.717) is 11.8 Å². The van der Waals surface area contributed by atoms with Crippen molar-refractivity contribution in [1.82, 2.24) is 9.80 Å². The van der Waals surface area contributed by atoms with Gasteiger partial charge in [0, 0.05) is 31.1 Å². The standard InChI is InChI=1S/C14H24N2O/c1-2-15-10-7-14(8-11-15)6-3-9-16(14)13(17)12-4-5-12/h12H,2-11H2,1H3. The molecule has 2 heterocycles. The molecule has 0 unspecified atom stereocenters. The van der Waals surface area contributed by atoms with Crippen LogP contribution in [0, 0.1) is 5.92 Å². The van der Waals surface area contributed by atoms with Crippen LogP contribution in [0.3, 0.4) is 0 Å². The minimum Gasteiger partial charge on any atom is -0.337 e. The summed E-state index contributed by atoms with van der Waals surface area (Å²) in [6.45, 7) is 6.80. The fourth-order valence-electron chi connectivity index (χ4n) is 3.64. The van der Waals surface area contributed by atoms with E-state index in [9.17, 15) is 4.79 Å². The molecular formula is C14H24N2O. The lowest BCUT2D eigenvalue weighted by atomic mass is 9.84. The molecule has 3 nitrogen and oxygen atoms in total. The lowest BCUT2D eigenvalue weighted by molar-refractivity contribution is -0.138. The van der Waals surface area contributed by atoms with Crippen molar-refractivity contribution in [2.45, 2.75) is 51.0 Å². The molecule has 1 amide bonds. The summed E-state index contributed by atoms with van der Waals surface area (Å²) >= 11 is 0. The number of likely N-dealkylation sites (tertiary alicyclic amines) is 2. The molecule has 2 saturated heterocycles. The summed E-state index contributed by atoms with van der Waals surface area (Å²) in [6.07, 6.45) is 7.19. The van der Waals surface area contributed by atoms with Crippen LogP contribution in [0.15, 0.2) is 0 Å². The van der Waals surface area contributed by atoms with Gasteiger partial charge in [0.15, 0.2) is 0 Å². The Kier molecular flexibility index (Phi) is 2.89. The Morgan fingerprint density at radius 1 is 1.18 bits per heavy atom. The summed E-state index contributed by atoms with van der Waals surface area (Å²) in [6, 6.07) is 0. The van der Waals surface area contributed by atoms with Gasteiger partial charge >= 0.3 is 0 Å². The third-order valence-corrected chi connectivity index (χ3v) is 5.02. The average Bonchev–Trinajstić information content (AvgIpc) is 3.13. The number of piperidine rings is 1. The molecule has 2 aliphatic heterocycles. The van der Waals surface area contributed by atoms with Crippen LogP contribution in [-0.4, -0.2) is 47.4 Å². The Morgan fingerprint density at radius 3 is 2.47 bits per heavy atom. The lowest BCUT2D eigenvalue weighted by Crippen LogP contribution is -2.54. The van der Waals surface area contributed by atoms with Crippen LogP contribution in [-0.2, 0) is 4.79 Å². The molecule has 96 valence electrons. The van der Waals surface area contributed by atoms with Crippen molar-refractivity contribution in [3.8, 4) is 0 Å². The van der Waals surface area contributed by atoms with Gasteiger partial charge in [0.1, 0.15) is 0 Å². The fourth-order valence-corrected chi connectivity index (χ4v) is 3.64. The summed E-state index contributed by atoms with van der Waals surface area (Å²) in [7, 11) is 0. The number of carbonyl (C=O) groups is 1. The zero-order valence-electron chi connectivity index (χ0n) is 11.0. The maximum Gasteiger partial charge on any atom is 0.226 e. The van der Waals surface area contributed by atoms with Crippen molar-refractivity contribution in [1.29, 1.82) is 0 Å². The molecule has 0 aromatic rings. The van der Waals surface area contributed by atoms with Gasteiger partial charge in [0.05, 0.1) is 0 Å². The molecular weight excluding hydrogens is 212 g/mol. The normalized spacial score (nSPS) is 28.9. The zero-order valence-corrected chi connectivity index (χ0v) is 11.0. The van der Waals surface area contributed by atoms with Crippen molar-refractivity contribution in [3.63, 3.8) is 0 Å². The predicted molar refractivity (Wildman–Crippen MR) is 67.8 cm³/mol. The van der Waals surface area contributed by atoms with Crippen molar-refractivity contribution >= 4 is 5.91 Å². The summed E-state index contributed by atoms with van der Waals surface area (Å²) in [5.41, 5.74) is 0.255. The summed E-state index contributed by atoms with van der Waals surface area (Å²) < 4.78 is 0. The van der Waals surface area contributed by atoms with E-state index >= 15 is 0 Å². The maximum absolute atomic E-state index is 12.3. The van der Waals surface area contributed by atoms with Crippen LogP contribution in [0.2, 0.25) is 0 Å². The summed E-state index contributed by atoms with van der Waals surface area (Å²) in [4.78, 5) is 17.1. The van der Waals surface area contributed by atoms with Gasteiger partial charge in [0.25, 0.3) is 0 Å². The number of rotatable bonds is 2. The van der Waals surface area contributed by atoms with Crippen molar-refractivity contribution in [3.05, 3.63) is 0 Å². The second-order valence-corrected chi connectivity index (χ2v) is 6.03. The number of carbonyl (C=O) groups excluding carboxylic acids is 1. The highest BCUT2D eigenvalue weighted by Crippen LogP contribution is 2.42. The molecule has 1 saturated carbocycles. The predicted octanol–water partition coefficient (Wildman–Crippen LogP) is 1.87. The van der Waals surface area contributed by atoms with E-state index in [1.807, 2.05) is 0 Å². The largest absolute Gasteiger partial charge is 0.337 e. The highest BCUT2D eigenvalue weighted by molar-refractivity contribution is 5.82. The van der Waals surface area contributed by atoms with Gasteiger partial charge in [-0.05, 0) is 45.1 Å². The van der Waals surface area contributed by atoms with E-state index in [1.54, 1.807) is 0 Å². The monoisotopic (exact) mass is 236 g/mol. The molecule has 0 bridgehead atoms. The molecule has 1 spiro atoms. The van der Waals surface area contributed by atoms with Crippen molar-refractivity contribution < 1.29 is 4.79 Å². The lowest BCUT2D eigenvalue weighted by Gasteiger charge is -2.45. The van der Waals surface area contributed by atoms with E-state index in [1.165, 1.54) is 38.8 Å². The minimum atomic E-state index is 0.255. The number of nitrogens with zero attached hydrogens (tertiary/aromatic N) is 2. The first-order chi connectivity index (χ1) is 8.25. The SMILES string of the molecule is CCN1CCC2(CCCN2C(=O)C2CC2)CC1. The Bertz CT molecular complexity index is 303. The van der Waals surface area contributed by atoms with Crippen molar-refractivity contribution in [2.24, 2.45) is 5.92 Å². The molecule has 3 aliphatic rings. The molecule has 0 aromatic carbocycles. The zero-order chi connectivity index (χ0) is 11.9. The van der Waals surface area contributed by atoms with E-state index in [-0.39, 0.29) is 5.54 Å². The van der Waals surface area contributed by atoms with Gasteiger partial charge in [-0.2, -0.15) is 0 Å². The highest BCUT2D eigenvalue weighted by Gasteiger charge is 2.48. The van der Waals surface area contributed by atoms with Crippen LogP contribution in [0.25, 0.3) is 0 Å².